The Labute approximate surface area is 175 Å². The van der Waals surface area contributed by atoms with E-state index in [0.717, 1.165) is 16.7 Å². The van der Waals surface area contributed by atoms with Crippen LogP contribution in [0.4, 0.5) is 0 Å². The van der Waals surface area contributed by atoms with Crippen LogP contribution in [0.3, 0.4) is 0 Å². The first kappa shape index (κ1) is 21.2. The fraction of sp³-hybridized carbons (Fsp3) is 0.0909. The van der Waals surface area contributed by atoms with Gasteiger partial charge in [-0.25, -0.2) is 13.6 Å². The van der Waals surface area contributed by atoms with Crippen molar-refractivity contribution in [1.82, 2.24) is 5.32 Å². The zero-order valence-corrected chi connectivity index (χ0v) is 16.9. The first-order valence-electron chi connectivity index (χ1n) is 9.15. The van der Waals surface area contributed by atoms with Crippen molar-refractivity contribution in [2.75, 3.05) is 0 Å². The summed E-state index contributed by atoms with van der Waals surface area (Å²) in [4.78, 5) is 12.3. The highest BCUT2D eigenvalue weighted by Gasteiger charge is 2.14. The Morgan fingerprint density at radius 3 is 2.30 bits per heavy atom. The molecule has 0 aliphatic heterocycles. The number of hydrogen-bond donors (Lipinski definition) is 4. The fourth-order valence-corrected chi connectivity index (χ4v) is 3.81. The number of nitrogen functional groups attached to an aromatic ring is 1. The summed E-state index contributed by atoms with van der Waals surface area (Å²) in [5, 5.41) is 15.6. The van der Waals surface area contributed by atoms with Gasteiger partial charge in [0.15, 0.2) is 0 Å². The molecule has 0 aliphatic rings. The maximum atomic E-state index is 12.2. The van der Waals surface area contributed by atoms with Gasteiger partial charge in [-0.1, -0.05) is 60.7 Å². The Balaban J connectivity index is 1.65. The molecule has 0 unspecified atom stereocenters. The Morgan fingerprint density at radius 2 is 1.63 bits per heavy atom. The highest BCUT2D eigenvalue weighted by atomic mass is 32.2. The van der Waals surface area contributed by atoms with Crippen LogP contribution in [0.5, 0.6) is 0 Å². The predicted molar refractivity (Wildman–Crippen MR) is 116 cm³/mol. The van der Waals surface area contributed by atoms with E-state index in [9.17, 15) is 13.2 Å². The van der Waals surface area contributed by atoms with Gasteiger partial charge in [-0.15, -0.1) is 0 Å². The Bertz CT molecular complexity index is 1190. The molecule has 0 heterocycles. The topological polar surface area (TPSA) is 139 Å². The second-order valence-corrected chi connectivity index (χ2v) is 8.34. The third-order valence-corrected chi connectivity index (χ3v) is 5.52. The van der Waals surface area contributed by atoms with Crippen molar-refractivity contribution in [2.24, 2.45) is 10.9 Å². The average molecular weight is 423 g/mol. The first-order chi connectivity index (χ1) is 14.2. The van der Waals surface area contributed by atoms with Gasteiger partial charge < -0.3 is 11.1 Å². The smallest absolute Gasteiger partial charge is 0.238 e. The van der Waals surface area contributed by atoms with E-state index < -0.39 is 10.0 Å². The minimum atomic E-state index is -3.83. The molecule has 154 valence electrons. The van der Waals surface area contributed by atoms with Gasteiger partial charge in [0.1, 0.15) is 5.84 Å². The number of benzene rings is 3. The number of carbonyl (C=O) groups is 1. The van der Waals surface area contributed by atoms with E-state index in [-0.39, 0.29) is 23.1 Å². The van der Waals surface area contributed by atoms with Crippen molar-refractivity contribution in [1.29, 1.82) is 5.41 Å². The van der Waals surface area contributed by atoms with Crippen molar-refractivity contribution in [2.45, 2.75) is 17.9 Å². The molecule has 0 atom stereocenters. The van der Waals surface area contributed by atoms with Gasteiger partial charge in [0.05, 0.1) is 11.3 Å². The van der Waals surface area contributed by atoms with Gasteiger partial charge in [0, 0.05) is 17.7 Å². The number of carbonyl (C=O) groups excluding carboxylic acids is 1. The van der Waals surface area contributed by atoms with Crippen LogP contribution < -0.4 is 16.2 Å². The van der Waals surface area contributed by atoms with Crippen molar-refractivity contribution in [3.05, 3.63) is 89.5 Å². The van der Waals surface area contributed by atoms with Crippen LogP contribution in [-0.2, 0) is 27.8 Å². The van der Waals surface area contributed by atoms with Crippen LogP contribution in [-0.4, -0.2) is 20.2 Å². The minimum absolute atomic E-state index is 0.0404. The van der Waals surface area contributed by atoms with Crippen LogP contribution in [0.2, 0.25) is 0 Å². The van der Waals surface area contributed by atoms with E-state index in [4.69, 9.17) is 16.3 Å². The van der Waals surface area contributed by atoms with E-state index in [1.807, 2.05) is 18.2 Å². The summed E-state index contributed by atoms with van der Waals surface area (Å²) >= 11 is 0. The van der Waals surface area contributed by atoms with E-state index in [1.54, 1.807) is 48.5 Å². The summed E-state index contributed by atoms with van der Waals surface area (Å²) in [6.45, 7) is 0.336. The second kappa shape index (κ2) is 8.89. The molecule has 3 aromatic carbocycles. The number of hydrogen-bond acceptors (Lipinski definition) is 4. The summed E-state index contributed by atoms with van der Waals surface area (Å²) in [6.07, 6.45) is 0.181. The lowest BCUT2D eigenvalue weighted by molar-refractivity contribution is -0.120. The largest absolute Gasteiger partial charge is 0.384 e. The first-order valence-corrected chi connectivity index (χ1v) is 10.7. The summed E-state index contributed by atoms with van der Waals surface area (Å²) in [5.41, 5.74) is 8.95. The summed E-state index contributed by atoms with van der Waals surface area (Å²) in [7, 11) is -3.83. The monoisotopic (exact) mass is 422 g/mol. The molecule has 3 rings (SSSR count). The molecule has 1 amide bonds. The van der Waals surface area contributed by atoms with Crippen LogP contribution in [0, 0.1) is 5.41 Å². The minimum Gasteiger partial charge on any atom is -0.384 e. The van der Waals surface area contributed by atoms with Crippen LogP contribution in [0.25, 0.3) is 11.1 Å². The lowest BCUT2D eigenvalue weighted by atomic mass is 10.0. The van der Waals surface area contributed by atoms with Gasteiger partial charge >= 0.3 is 0 Å². The molecule has 3 aromatic rings. The summed E-state index contributed by atoms with van der Waals surface area (Å²) < 4.78 is 23.6. The highest BCUT2D eigenvalue weighted by Crippen LogP contribution is 2.26. The standard InChI is InChI=1S/C22H22N4O3S/c23-22(24)18-5-3-4-16(12-18)13-21(27)26-14-15-8-10-17(11-9-15)19-6-1-2-7-20(19)30(25,28)29/h1-12H,13-14H2,(H3,23,24)(H,26,27)(H2,25,28,29). The van der Waals surface area contributed by atoms with Gasteiger partial charge in [-0.2, -0.15) is 0 Å². The lowest BCUT2D eigenvalue weighted by Crippen LogP contribution is -2.24. The Morgan fingerprint density at radius 1 is 0.933 bits per heavy atom. The van der Waals surface area contributed by atoms with Gasteiger partial charge in [0.2, 0.25) is 15.9 Å². The molecule has 0 saturated carbocycles. The quantitative estimate of drug-likeness (QED) is 0.342. The molecule has 8 heteroatoms. The number of rotatable bonds is 7. The van der Waals surface area contributed by atoms with Crippen molar-refractivity contribution in [3.8, 4) is 11.1 Å². The van der Waals surface area contributed by atoms with Crippen molar-refractivity contribution < 1.29 is 13.2 Å². The van der Waals surface area contributed by atoms with Crippen LogP contribution in [0.1, 0.15) is 16.7 Å². The zero-order valence-electron chi connectivity index (χ0n) is 16.1. The molecule has 30 heavy (non-hydrogen) atoms. The summed E-state index contributed by atoms with van der Waals surface area (Å²) in [6, 6.07) is 20.8. The number of nitrogens with two attached hydrogens (primary N) is 2. The lowest BCUT2D eigenvalue weighted by Gasteiger charge is -2.10. The highest BCUT2D eigenvalue weighted by molar-refractivity contribution is 7.89. The van der Waals surface area contributed by atoms with Crippen LogP contribution in [0.15, 0.2) is 77.7 Å². The molecule has 0 bridgehead atoms. The molecule has 0 fully saturated rings. The maximum Gasteiger partial charge on any atom is 0.238 e. The molecule has 6 N–H and O–H groups in total. The SMILES string of the molecule is N=C(N)c1cccc(CC(=O)NCc2ccc(-c3ccccc3S(N)(=O)=O)cc2)c1. The molecule has 0 spiro atoms. The maximum absolute atomic E-state index is 12.2. The van der Waals surface area contributed by atoms with Crippen molar-refractivity contribution >= 4 is 21.8 Å². The van der Waals surface area contributed by atoms with E-state index in [0.29, 0.717) is 17.7 Å². The number of amidine groups is 1. The van der Waals surface area contributed by atoms with Gasteiger partial charge in [0.25, 0.3) is 0 Å². The molecular weight excluding hydrogens is 400 g/mol. The number of primary sulfonamides is 1. The van der Waals surface area contributed by atoms with Gasteiger partial charge in [-0.05, 0) is 28.8 Å². The predicted octanol–water partition coefficient (Wildman–Crippen LogP) is 2.14. The molecule has 0 aromatic heterocycles. The zero-order chi connectivity index (χ0) is 21.7. The third-order valence-electron chi connectivity index (χ3n) is 4.55. The molecule has 0 saturated heterocycles. The average Bonchev–Trinajstić information content (AvgIpc) is 2.72. The van der Waals surface area contributed by atoms with Crippen molar-refractivity contribution in [3.63, 3.8) is 0 Å². The number of nitrogens with one attached hydrogen (secondary N) is 2. The molecular formula is C22H22N4O3S. The molecule has 0 aliphatic carbocycles. The normalized spacial score (nSPS) is 11.1. The number of amides is 1. The fourth-order valence-electron chi connectivity index (χ4n) is 3.05. The summed E-state index contributed by atoms with van der Waals surface area (Å²) in [5.74, 6) is -0.194. The van der Waals surface area contributed by atoms with E-state index in [1.165, 1.54) is 6.07 Å². The Kier molecular flexibility index (Phi) is 6.29. The third kappa shape index (κ3) is 5.31. The Hall–Kier alpha value is -3.49. The number of sulfonamides is 1. The molecule has 0 radical (unpaired) electrons. The van der Waals surface area contributed by atoms with Crippen LogP contribution >= 0.6 is 0 Å². The van der Waals surface area contributed by atoms with Gasteiger partial charge in [-0.3, -0.25) is 10.2 Å². The van der Waals surface area contributed by atoms with E-state index in [2.05, 4.69) is 5.32 Å². The molecule has 7 nitrogen and oxygen atoms in total. The second-order valence-electron chi connectivity index (χ2n) is 6.81. The van der Waals surface area contributed by atoms with E-state index >= 15 is 0 Å².